The van der Waals surface area contributed by atoms with Gasteiger partial charge >= 0.3 is 0 Å². The Hall–Kier alpha value is -0.370. The first kappa shape index (κ1) is 12.6. The van der Waals surface area contributed by atoms with Crippen LogP contribution in [0.3, 0.4) is 0 Å². The zero-order valence-corrected chi connectivity index (χ0v) is 9.30. The Balaban J connectivity index is 3.21. The Labute approximate surface area is 81.7 Å². The van der Waals surface area contributed by atoms with Crippen LogP contribution in [0.2, 0.25) is 0 Å². The van der Waals surface area contributed by atoms with Crippen molar-refractivity contribution in [2.45, 2.75) is 53.1 Å². The lowest BCUT2D eigenvalue weighted by Gasteiger charge is -2.16. The lowest BCUT2D eigenvalue weighted by molar-refractivity contribution is -0.117. The zero-order chi connectivity index (χ0) is 10.3. The van der Waals surface area contributed by atoms with Gasteiger partial charge in [-0.05, 0) is 32.6 Å². The second-order valence-corrected chi connectivity index (χ2v) is 3.98. The highest BCUT2D eigenvalue weighted by Gasteiger charge is 2.05. The summed E-state index contributed by atoms with van der Waals surface area (Å²) >= 11 is 0. The van der Waals surface area contributed by atoms with Gasteiger partial charge in [0.15, 0.2) is 0 Å². The molecule has 1 atom stereocenters. The van der Waals surface area contributed by atoms with E-state index >= 15 is 0 Å². The first-order valence-corrected chi connectivity index (χ1v) is 5.15. The normalized spacial score (nSPS) is 13.3. The summed E-state index contributed by atoms with van der Waals surface area (Å²) in [6.07, 6.45) is 2.98. The van der Waals surface area contributed by atoms with Crippen molar-refractivity contribution in [1.29, 1.82) is 0 Å². The van der Waals surface area contributed by atoms with Gasteiger partial charge < -0.3 is 9.53 Å². The van der Waals surface area contributed by atoms with Crippen LogP contribution in [0.4, 0.5) is 0 Å². The fourth-order valence-electron chi connectivity index (χ4n) is 0.938. The zero-order valence-electron chi connectivity index (χ0n) is 9.30. The Kier molecular flexibility index (Phi) is 6.87. The van der Waals surface area contributed by atoms with E-state index in [2.05, 4.69) is 20.8 Å². The number of Topliss-reactive ketones (excluding diaryl/α,β-unsaturated/α-hetero) is 1. The summed E-state index contributed by atoms with van der Waals surface area (Å²) in [7, 11) is 0. The van der Waals surface area contributed by atoms with E-state index in [1.54, 1.807) is 6.92 Å². The number of rotatable bonds is 7. The van der Waals surface area contributed by atoms with Crippen LogP contribution >= 0.6 is 0 Å². The van der Waals surface area contributed by atoms with Gasteiger partial charge in [0.1, 0.15) is 5.78 Å². The molecule has 0 aromatic heterocycles. The second-order valence-electron chi connectivity index (χ2n) is 3.98. The average Bonchev–Trinajstić information content (AvgIpc) is 2.02. The maximum atomic E-state index is 10.6. The van der Waals surface area contributed by atoms with Crippen molar-refractivity contribution in [3.05, 3.63) is 0 Å². The molecule has 0 spiro atoms. The van der Waals surface area contributed by atoms with Crippen LogP contribution in [0, 0.1) is 5.92 Å². The third-order valence-electron chi connectivity index (χ3n) is 2.24. The van der Waals surface area contributed by atoms with Gasteiger partial charge in [-0.2, -0.15) is 0 Å². The molecule has 0 N–H and O–H groups in total. The molecule has 0 aliphatic heterocycles. The Morgan fingerprint density at radius 1 is 1.23 bits per heavy atom. The van der Waals surface area contributed by atoms with Crippen molar-refractivity contribution in [2.75, 3.05) is 6.61 Å². The standard InChI is InChI=1S/C11H22O2/c1-9(2)11(4)13-8-6-5-7-10(3)12/h9,11H,5-8H2,1-4H3. The molecular weight excluding hydrogens is 164 g/mol. The lowest BCUT2D eigenvalue weighted by Crippen LogP contribution is -2.16. The SMILES string of the molecule is CC(=O)CCCCOC(C)C(C)C. The molecule has 0 amide bonds. The fourth-order valence-corrected chi connectivity index (χ4v) is 0.938. The van der Waals surface area contributed by atoms with E-state index in [0.29, 0.717) is 18.4 Å². The Bertz CT molecular complexity index is 141. The van der Waals surface area contributed by atoms with Crippen LogP contribution < -0.4 is 0 Å². The predicted octanol–water partition coefficient (Wildman–Crippen LogP) is 2.81. The fraction of sp³-hybridized carbons (Fsp3) is 0.909. The maximum Gasteiger partial charge on any atom is 0.129 e. The highest BCUT2D eigenvalue weighted by atomic mass is 16.5. The van der Waals surface area contributed by atoms with E-state index in [9.17, 15) is 4.79 Å². The molecule has 0 saturated heterocycles. The van der Waals surface area contributed by atoms with Gasteiger partial charge in [0, 0.05) is 13.0 Å². The summed E-state index contributed by atoms with van der Waals surface area (Å²) in [5, 5.41) is 0. The van der Waals surface area contributed by atoms with Crippen LogP contribution in [0.15, 0.2) is 0 Å². The minimum atomic E-state index is 0.275. The predicted molar refractivity (Wildman–Crippen MR) is 54.8 cm³/mol. The van der Waals surface area contributed by atoms with Gasteiger partial charge in [-0.1, -0.05) is 13.8 Å². The molecule has 0 saturated carbocycles. The molecule has 78 valence electrons. The largest absolute Gasteiger partial charge is 0.378 e. The Morgan fingerprint density at radius 2 is 1.85 bits per heavy atom. The third-order valence-corrected chi connectivity index (χ3v) is 2.24. The molecule has 0 heterocycles. The monoisotopic (exact) mass is 186 g/mol. The number of ketones is 1. The van der Waals surface area contributed by atoms with E-state index in [4.69, 9.17) is 4.74 Å². The van der Waals surface area contributed by atoms with Gasteiger partial charge in [0.2, 0.25) is 0 Å². The van der Waals surface area contributed by atoms with E-state index in [-0.39, 0.29) is 5.78 Å². The first-order valence-electron chi connectivity index (χ1n) is 5.15. The molecule has 0 fully saturated rings. The van der Waals surface area contributed by atoms with Crippen molar-refractivity contribution in [1.82, 2.24) is 0 Å². The summed E-state index contributed by atoms with van der Waals surface area (Å²) < 4.78 is 5.57. The molecule has 0 aromatic carbocycles. The molecule has 0 aromatic rings. The molecule has 0 bridgehead atoms. The Morgan fingerprint density at radius 3 is 2.31 bits per heavy atom. The maximum absolute atomic E-state index is 10.6. The molecule has 13 heavy (non-hydrogen) atoms. The van der Waals surface area contributed by atoms with Crippen LogP contribution in [0.5, 0.6) is 0 Å². The number of unbranched alkanes of at least 4 members (excludes halogenated alkanes) is 1. The van der Waals surface area contributed by atoms with Gasteiger partial charge in [-0.3, -0.25) is 0 Å². The molecule has 2 nitrogen and oxygen atoms in total. The number of hydrogen-bond donors (Lipinski definition) is 0. The summed E-state index contributed by atoms with van der Waals surface area (Å²) in [6, 6.07) is 0. The van der Waals surface area contributed by atoms with Crippen LogP contribution in [0.25, 0.3) is 0 Å². The molecule has 1 unspecified atom stereocenters. The smallest absolute Gasteiger partial charge is 0.129 e. The van der Waals surface area contributed by atoms with E-state index in [0.717, 1.165) is 19.4 Å². The second kappa shape index (κ2) is 7.07. The molecular formula is C11H22O2. The van der Waals surface area contributed by atoms with Crippen LogP contribution in [-0.2, 0) is 9.53 Å². The molecule has 0 radical (unpaired) electrons. The summed E-state index contributed by atoms with van der Waals surface area (Å²) in [4.78, 5) is 10.6. The van der Waals surface area contributed by atoms with Gasteiger partial charge in [0.25, 0.3) is 0 Å². The number of carbonyl (C=O) groups excluding carboxylic acids is 1. The quantitative estimate of drug-likeness (QED) is 0.571. The summed E-state index contributed by atoms with van der Waals surface area (Å²) in [6.45, 7) is 8.82. The number of ether oxygens (including phenoxy) is 1. The molecule has 0 aliphatic carbocycles. The first-order chi connectivity index (χ1) is 6.04. The third kappa shape index (κ3) is 7.97. The molecule has 0 rings (SSSR count). The highest BCUT2D eigenvalue weighted by molar-refractivity contribution is 5.75. The van der Waals surface area contributed by atoms with Crippen molar-refractivity contribution in [3.8, 4) is 0 Å². The lowest BCUT2D eigenvalue weighted by atomic mass is 10.1. The van der Waals surface area contributed by atoms with Gasteiger partial charge in [-0.15, -0.1) is 0 Å². The van der Waals surface area contributed by atoms with Crippen molar-refractivity contribution in [2.24, 2.45) is 5.92 Å². The number of hydrogen-bond acceptors (Lipinski definition) is 2. The van der Waals surface area contributed by atoms with Gasteiger partial charge in [-0.25, -0.2) is 0 Å². The van der Waals surface area contributed by atoms with E-state index < -0.39 is 0 Å². The van der Waals surface area contributed by atoms with Crippen LogP contribution in [-0.4, -0.2) is 18.5 Å². The van der Waals surface area contributed by atoms with E-state index in [1.165, 1.54) is 0 Å². The van der Waals surface area contributed by atoms with Crippen molar-refractivity contribution in [3.63, 3.8) is 0 Å². The minimum absolute atomic E-state index is 0.275. The van der Waals surface area contributed by atoms with E-state index in [1.807, 2.05) is 0 Å². The average molecular weight is 186 g/mol. The molecule has 2 heteroatoms. The van der Waals surface area contributed by atoms with Crippen molar-refractivity contribution >= 4 is 5.78 Å². The summed E-state index contributed by atoms with van der Waals surface area (Å²) in [5.41, 5.74) is 0. The number of carbonyl (C=O) groups is 1. The topological polar surface area (TPSA) is 26.3 Å². The van der Waals surface area contributed by atoms with Crippen molar-refractivity contribution < 1.29 is 9.53 Å². The molecule has 0 aliphatic rings. The minimum Gasteiger partial charge on any atom is -0.378 e. The van der Waals surface area contributed by atoms with Gasteiger partial charge in [0.05, 0.1) is 6.10 Å². The summed E-state index contributed by atoms with van der Waals surface area (Å²) in [5.74, 6) is 0.852. The van der Waals surface area contributed by atoms with Crippen LogP contribution in [0.1, 0.15) is 47.0 Å². The highest BCUT2D eigenvalue weighted by Crippen LogP contribution is 2.06.